The van der Waals surface area contributed by atoms with Gasteiger partial charge in [-0.05, 0) is 44.5 Å². The van der Waals surface area contributed by atoms with Crippen molar-refractivity contribution < 1.29 is 0 Å². The number of H-pyrrole nitrogens is 1. The Morgan fingerprint density at radius 1 is 1.35 bits per heavy atom. The minimum absolute atomic E-state index is 0.0704. The van der Waals surface area contributed by atoms with Gasteiger partial charge in [-0.3, -0.25) is 9.36 Å². The smallest absolute Gasteiger partial charge is 0.266 e. The maximum absolute atomic E-state index is 13.8. The van der Waals surface area contributed by atoms with Crippen LogP contribution in [0.25, 0.3) is 28.0 Å². The molecule has 3 aromatic heterocycles. The molecule has 170 valence electrons. The number of rotatable bonds is 6. The predicted octanol–water partition coefficient (Wildman–Crippen LogP) is 3.56. The van der Waals surface area contributed by atoms with Gasteiger partial charge in [0.1, 0.15) is 11.3 Å². The van der Waals surface area contributed by atoms with Gasteiger partial charge in [0, 0.05) is 5.70 Å². The lowest BCUT2D eigenvalue weighted by Gasteiger charge is -2.21. The Balaban J connectivity index is 1.93. The van der Waals surface area contributed by atoms with Crippen LogP contribution in [0.1, 0.15) is 37.0 Å². The normalized spacial score (nSPS) is 12.4. The Kier molecular flexibility index (Phi) is 5.93. The lowest BCUT2D eigenvalue weighted by Crippen LogP contribution is -2.28. The number of allylic oxidation sites excluding steroid dienone is 3. The number of hydrogen-bond donors (Lipinski definition) is 3. The minimum atomic E-state index is -0.453. The highest BCUT2D eigenvalue weighted by Gasteiger charge is 2.23. The zero-order chi connectivity index (χ0) is 24.4. The van der Waals surface area contributed by atoms with Crippen LogP contribution in [0.2, 0.25) is 0 Å². The van der Waals surface area contributed by atoms with Crippen LogP contribution in [0.3, 0.4) is 0 Å². The molecule has 1 unspecified atom stereocenters. The molecule has 1 atom stereocenters. The highest BCUT2D eigenvalue weighted by Crippen LogP contribution is 2.29. The van der Waals surface area contributed by atoms with Crippen molar-refractivity contribution in [1.29, 1.82) is 5.26 Å². The summed E-state index contributed by atoms with van der Waals surface area (Å²) in [7, 11) is 0. The number of anilines is 2. The van der Waals surface area contributed by atoms with Crippen molar-refractivity contribution in [2.45, 2.75) is 26.8 Å². The third-order valence-electron chi connectivity index (χ3n) is 5.34. The minimum Gasteiger partial charge on any atom is -0.368 e. The fourth-order valence-corrected chi connectivity index (χ4v) is 3.87. The standard InChI is InChI=1S/C24H23N9O/c1-5-7-13(2)33-15(4)30-19(18(23(33)34)17-9-6-8-16(10-17)11-25)14(3)29-22-20-21(28-12-27-20)31-24(26)32-22/h5-10,12,14H,1H2,2-4H3,(H4,26,27,28,29,31,32)/b13-7-. The van der Waals surface area contributed by atoms with E-state index in [1.807, 2.05) is 13.8 Å². The molecule has 4 rings (SSSR count). The molecule has 0 aliphatic rings. The molecule has 34 heavy (non-hydrogen) atoms. The Hall–Kier alpha value is -4.78. The van der Waals surface area contributed by atoms with E-state index in [0.29, 0.717) is 50.9 Å². The second kappa shape index (κ2) is 8.99. The third-order valence-corrected chi connectivity index (χ3v) is 5.34. The Morgan fingerprint density at radius 2 is 2.15 bits per heavy atom. The van der Waals surface area contributed by atoms with Gasteiger partial charge in [-0.2, -0.15) is 15.2 Å². The van der Waals surface area contributed by atoms with Gasteiger partial charge < -0.3 is 16.0 Å². The lowest BCUT2D eigenvalue weighted by atomic mass is 9.99. The average molecular weight is 454 g/mol. The predicted molar refractivity (Wildman–Crippen MR) is 132 cm³/mol. The van der Waals surface area contributed by atoms with E-state index in [-0.39, 0.29) is 11.5 Å². The first kappa shape index (κ1) is 22.4. The van der Waals surface area contributed by atoms with Crippen LogP contribution in [0.5, 0.6) is 0 Å². The Labute approximate surface area is 195 Å². The quantitative estimate of drug-likeness (QED) is 0.375. The van der Waals surface area contributed by atoms with Gasteiger partial charge in [0.25, 0.3) is 5.56 Å². The first-order valence-corrected chi connectivity index (χ1v) is 10.5. The van der Waals surface area contributed by atoms with E-state index in [1.165, 1.54) is 10.9 Å². The molecule has 0 fully saturated rings. The molecule has 0 aliphatic carbocycles. The Morgan fingerprint density at radius 3 is 2.88 bits per heavy atom. The first-order valence-electron chi connectivity index (χ1n) is 10.5. The summed E-state index contributed by atoms with van der Waals surface area (Å²) in [6.07, 6.45) is 4.86. The number of nitriles is 1. The maximum Gasteiger partial charge on any atom is 0.266 e. The van der Waals surface area contributed by atoms with Crippen molar-refractivity contribution in [2.75, 3.05) is 11.1 Å². The van der Waals surface area contributed by atoms with Crippen LogP contribution in [0.4, 0.5) is 11.8 Å². The molecule has 0 amide bonds. The van der Waals surface area contributed by atoms with E-state index in [1.54, 1.807) is 43.3 Å². The van der Waals surface area contributed by atoms with Crippen molar-refractivity contribution in [3.05, 3.63) is 76.8 Å². The van der Waals surface area contributed by atoms with Crippen molar-refractivity contribution in [3.63, 3.8) is 0 Å². The summed E-state index contributed by atoms with van der Waals surface area (Å²) in [5.41, 5.74) is 9.20. The van der Waals surface area contributed by atoms with E-state index < -0.39 is 6.04 Å². The zero-order valence-corrected chi connectivity index (χ0v) is 19.0. The molecule has 10 heteroatoms. The van der Waals surface area contributed by atoms with Crippen molar-refractivity contribution in [3.8, 4) is 17.2 Å². The van der Waals surface area contributed by atoms with Crippen LogP contribution >= 0.6 is 0 Å². The number of fused-ring (bicyclic) bond motifs is 1. The van der Waals surface area contributed by atoms with Crippen molar-refractivity contribution >= 4 is 28.6 Å². The van der Waals surface area contributed by atoms with Crippen molar-refractivity contribution in [1.82, 2.24) is 29.5 Å². The maximum atomic E-state index is 13.8. The first-order chi connectivity index (χ1) is 16.3. The molecule has 0 bridgehead atoms. The lowest BCUT2D eigenvalue weighted by molar-refractivity contribution is 0.780. The van der Waals surface area contributed by atoms with Gasteiger partial charge in [0.15, 0.2) is 11.5 Å². The van der Waals surface area contributed by atoms with Gasteiger partial charge in [-0.25, -0.2) is 9.97 Å². The van der Waals surface area contributed by atoms with Gasteiger partial charge in [0.2, 0.25) is 5.95 Å². The largest absolute Gasteiger partial charge is 0.368 e. The molecule has 0 radical (unpaired) electrons. The number of aromatic amines is 1. The molecular weight excluding hydrogens is 430 g/mol. The van der Waals surface area contributed by atoms with Crippen LogP contribution in [0, 0.1) is 18.3 Å². The zero-order valence-electron chi connectivity index (χ0n) is 19.0. The van der Waals surface area contributed by atoms with Gasteiger partial charge in [-0.15, -0.1) is 0 Å². The van der Waals surface area contributed by atoms with E-state index in [0.717, 1.165) is 0 Å². The molecule has 0 saturated carbocycles. The second-order valence-electron chi connectivity index (χ2n) is 7.69. The summed E-state index contributed by atoms with van der Waals surface area (Å²) < 4.78 is 1.53. The number of imidazole rings is 1. The SMILES string of the molecule is C=C/C=C(/C)n1c(C)nc(C(C)Nc2nc(N)nc3nc[nH]c23)c(-c2cccc(C#N)c2)c1=O. The second-order valence-corrected chi connectivity index (χ2v) is 7.69. The number of benzene rings is 1. The number of nitrogen functional groups attached to an aromatic ring is 1. The topological polar surface area (TPSA) is 151 Å². The molecule has 4 N–H and O–H groups in total. The Bertz CT molecular complexity index is 1540. The number of nitrogens with one attached hydrogen (secondary N) is 2. The summed E-state index contributed by atoms with van der Waals surface area (Å²) in [6.45, 7) is 9.17. The monoisotopic (exact) mass is 453 g/mol. The molecule has 10 nitrogen and oxygen atoms in total. The highest BCUT2D eigenvalue weighted by molar-refractivity contribution is 5.83. The summed E-state index contributed by atoms with van der Waals surface area (Å²) in [4.78, 5) is 34.1. The summed E-state index contributed by atoms with van der Waals surface area (Å²) in [5, 5.41) is 12.7. The number of aromatic nitrogens is 6. The summed E-state index contributed by atoms with van der Waals surface area (Å²) in [6, 6.07) is 8.57. The highest BCUT2D eigenvalue weighted by atomic mass is 16.1. The van der Waals surface area contributed by atoms with Crippen LogP contribution in [-0.2, 0) is 0 Å². The number of aryl methyl sites for hydroxylation is 1. The number of nitrogens with zero attached hydrogens (tertiary/aromatic N) is 6. The van der Waals surface area contributed by atoms with E-state index in [4.69, 9.17) is 10.7 Å². The van der Waals surface area contributed by atoms with Crippen molar-refractivity contribution in [2.24, 2.45) is 0 Å². The van der Waals surface area contributed by atoms with Crippen LogP contribution < -0.4 is 16.6 Å². The average Bonchev–Trinajstić information content (AvgIpc) is 3.27. The fraction of sp³-hybridized carbons (Fsp3) is 0.167. The molecule has 0 spiro atoms. The van der Waals surface area contributed by atoms with Crippen LogP contribution in [0.15, 0.2) is 54.1 Å². The van der Waals surface area contributed by atoms with Gasteiger partial charge in [-0.1, -0.05) is 24.8 Å². The van der Waals surface area contributed by atoms with Crippen LogP contribution in [-0.4, -0.2) is 29.5 Å². The third kappa shape index (κ3) is 4.02. The number of hydrogen-bond acceptors (Lipinski definition) is 8. The fourth-order valence-electron chi connectivity index (χ4n) is 3.87. The molecule has 1 aromatic carbocycles. The number of nitrogens with two attached hydrogens (primary N) is 1. The molecule has 0 saturated heterocycles. The molecule has 3 heterocycles. The van der Waals surface area contributed by atoms with E-state index in [9.17, 15) is 10.1 Å². The summed E-state index contributed by atoms with van der Waals surface area (Å²) >= 11 is 0. The van der Waals surface area contributed by atoms with Gasteiger partial charge >= 0.3 is 0 Å². The molecule has 4 aromatic rings. The summed E-state index contributed by atoms with van der Waals surface area (Å²) in [5.74, 6) is 1.02. The molecular formula is C24H23N9O. The van der Waals surface area contributed by atoms with E-state index in [2.05, 4.69) is 37.9 Å². The molecule has 0 aliphatic heterocycles. The van der Waals surface area contributed by atoms with Gasteiger partial charge in [0.05, 0.1) is 35.3 Å². The van der Waals surface area contributed by atoms with E-state index >= 15 is 0 Å².